The first kappa shape index (κ1) is 14.7. The molecule has 0 aromatic carbocycles. The standard InChI is InChI=1S/C14H19FN4O/c1-17-7-10-2-3-12(4-10)18-8-14(20)19-9-11(15)5-13(19)6-16/h10-13,18H,2-5,7-9H2/t10-,11-,12+,13-/m0/s1. The van der Waals surface area contributed by atoms with Crippen LogP contribution in [0.25, 0.3) is 4.85 Å². The molecule has 2 fully saturated rings. The number of hydrogen-bond acceptors (Lipinski definition) is 3. The second-order valence-corrected chi connectivity index (χ2v) is 5.62. The molecule has 5 nitrogen and oxygen atoms in total. The highest BCUT2D eigenvalue weighted by Crippen LogP contribution is 2.26. The van der Waals surface area contributed by atoms with Gasteiger partial charge < -0.3 is 15.1 Å². The van der Waals surface area contributed by atoms with Crippen molar-refractivity contribution >= 4 is 5.91 Å². The van der Waals surface area contributed by atoms with Gasteiger partial charge in [0.2, 0.25) is 12.5 Å². The van der Waals surface area contributed by atoms with Crippen molar-refractivity contribution in [1.82, 2.24) is 10.2 Å². The number of rotatable bonds is 4. The largest absolute Gasteiger partial charge is 0.323 e. The van der Waals surface area contributed by atoms with Crippen molar-refractivity contribution in [2.45, 2.75) is 43.9 Å². The molecule has 4 atom stereocenters. The summed E-state index contributed by atoms with van der Waals surface area (Å²) in [4.78, 5) is 16.8. The average Bonchev–Trinajstić information content (AvgIpc) is 3.03. The molecule has 2 rings (SSSR count). The Morgan fingerprint density at radius 1 is 1.50 bits per heavy atom. The van der Waals surface area contributed by atoms with E-state index in [4.69, 9.17) is 11.8 Å². The van der Waals surface area contributed by atoms with Crippen LogP contribution in [0.2, 0.25) is 0 Å². The summed E-state index contributed by atoms with van der Waals surface area (Å²) in [6.45, 7) is 7.60. The molecule has 1 saturated carbocycles. The predicted octanol–water partition coefficient (Wildman–Crippen LogP) is 1.13. The van der Waals surface area contributed by atoms with E-state index in [0.29, 0.717) is 12.5 Å². The fraction of sp³-hybridized carbons (Fsp3) is 0.786. The number of amides is 1. The first-order valence-electron chi connectivity index (χ1n) is 7.03. The van der Waals surface area contributed by atoms with Gasteiger partial charge in [0.05, 0.1) is 19.2 Å². The van der Waals surface area contributed by atoms with Crippen LogP contribution in [0.1, 0.15) is 25.7 Å². The van der Waals surface area contributed by atoms with Crippen LogP contribution in [0.4, 0.5) is 4.39 Å². The fourth-order valence-corrected chi connectivity index (χ4v) is 3.07. The molecular formula is C14H19FN4O. The van der Waals surface area contributed by atoms with Crippen LogP contribution in [0, 0.1) is 23.8 Å². The van der Waals surface area contributed by atoms with Gasteiger partial charge in [-0.25, -0.2) is 11.0 Å². The van der Waals surface area contributed by atoms with E-state index in [1.807, 2.05) is 6.07 Å². The molecule has 1 aliphatic carbocycles. The van der Waals surface area contributed by atoms with E-state index >= 15 is 0 Å². The maximum Gasteiger partial charge on any atom is 0.237 e. The lowest BCUT2D eigenvalue weighted by molar-refractivity contribution is -0.130. The predicted molar refractivity (Wildman–Crippen MR) is 71.2 cm³/mol. The number of nitrogens with zero attached hydrogens (tertiary/aromatic N) is 3. The van der Waals surface area contributed by atoms with Crippen LogP contribution in [0.3, 0.4) is 0 Å². The lowest BCUT2D eigenvalue weighted by Gasteiger charge is -2.20. The van der Waals surface area contributed by atoms with Crippen molar-refractivity contribution < 1.29 is 9.18 Å². The van der Waals surface area contributed by atoms with Crippen LogP contribution >= 0.6 is 0 Å². The minimum atomic E-state index is -1.09. The molecule has 0 aromatic rings. The first-order chi connectivity index (χ1) is 9.63. The van der Waals surface area contributed by atoms with Crippen molar-refractivity contribution in [3.8, 4) is 6.07 Å². The van der Waals surface area contributed by atoms with Crippen molar-refractivity contribution in [3.05, 3.63) is 11.4 Å². The molecule has 1 N–H and O–H groups in total. The molecule has 0 bridgehead atoms. The monoisotopic (exact) mass is 278 g/mol. The minimum Gasteiger partial charge on any atom is -0.323 e. The van der Waals surface area contributed by atoms with Crippen LogP contribution < -0.4 is 5.32 Å². The van der Waals surface area contributed by atoms with Gasteiger partial charge in [-0.05, 0) is 19.3 Å². The zero-order chi connectivity index (χ0) is 14.5. The van der Waals surface area contributed by atoms with Crippen LogP contribution in [0.15, 0.2) is 0 Å². The zero-order valence-corrected chi connectivity index (χ0v) is 11.4. The lowest BCUT2D eigenvalue weighted by Crippen LogP contribution is -2.43. The Morgan fingerprint density at radius 3 is 3.00 bits per heavy atom. The van der Waals surface area contributed by atoms with Gasteiger partial charge in [0.15, 0.2) is 0 Å². The van der Waals surface area contributed by atoms with Gasteiger partial charge in [-0.15, -0.1) is 0 Å². The number of nitrogens with one attached hydrogen (secondary N) is 1. The van der Waals surface area contributed by atoms with E-state index in [1.54, 1.807) is 0 Å². The summed E-state index contributed by atoms with van der Waals surface area (Å²) in [6.07, 6.45) is 1.95. The Balaban J connectivity index is 1.76. The van der Waals surface area contributed by atoms with Crippen molar-refractivity contribution in [3.63, 3.8) is 0 Å². The Kier molecular flexibility index (Phi) is 4.92. The molecule has 20 heavy (non-hydrogen) atoms. The maximum absolute atomic E-state index is 13.3. The first-order valence-corrected chi connectivity index (χ1v) is 7.03. The van der Waals surface area contributed by atoms with Crippen molar-refractivity contribution in [2.24, 2.45) is 5.92 Å². The number of alkyl halides is 1. The zero-order valence-electron chi connectivity index (χ0n) is 11.4. The number of carbonyl (C=O) groups excluding carboxylic acids is 1. The van der Waals surface area contributed by atoms with E-state index in [-0.39, 0.29) is 31.5 Å². The fourth-order valence-electron chi connectivity index (χ4n) is 3.07. The van der Waals surface area contributed by atoms with Crippen molar-refractivity contribution in [2.75, 3.05) is 19.6 Å². The van der Waals surface area contributed by atoms with Crippen LogP contribution in [-0.4, -0.2) is 48.7 Å². The molecule has 0 unspecified atom stereocenters. The van der Waals surface area contributed by atoms with Gasteiger partial charge >= 0.3 is 0 Å². The summed E-state index contributed by atoms with van der Waals surface area (Å²) in [7, 11) is 0. The van der Waals surface area contributed by atoms with E-state index in [1.165, 1.54) is 4.90 Å². The van der Waals surface area contributed by atoms with E-state index in [9.17, 15) is 9.18 Å². The molecule has 1 heterocycles. The second kappa shape index (κ2) is 6.67. The average molecular weight is 278 g/mol. The molecule has 1 amide bonds. The number of nitriles is 1. The number of hydrogen-bond donors (Lipinski definition) is 1. The molecule has 0 aromatic heterocycles. The van der Waals surface area contributed by atoms with Gasteiger partial charge in [-0.2, -0.15) is 5.26 Å². The topological polar surface area (TPSA) is 60.5 Å². The third kappa shape index (κ3) is 3.46. The number of carbonyl (C=O) groups is 1. The highest BCUT2D eigenvalue weighted by Gasteiger charge is 2.35. The minimum absolute atomic E-state index is 0.0315. The van der Waals surface area contributed by atoms with Crippen molar-refractivity contribution in [1.29, 1.82) is 5.26 Å². The quantitative estimate of drug-likeness (QED) is 0.784. The highest BCUT2D eigenvalue weighted by molar-refractivity contribution is 5.79. The summed E-state index contributed by atoms with van der Waals surface area (Å²) in [5.74, 6) is 0.222. The maximum atomic E-state index is 13.3. The smallest absolute Gasteiger partial charge is 0.237 e. The van der Waals surface area contributed by atoms with Crippen LogP contribution in [0.5, 0.6) is 0 Å². The molecular weight excluding hydrogens is 259 g/mol. The molecule has 0 radical (unpaired) electrons. The Morgan fingerprint density at radius 2 is 2.30 bits per heavy atom. The lowest BCUT2D eigenvalue weighted by atomic mass is 10.1. The Bertz CT molecular complexity index is 441. The summed E-state index contributed by atoms with van der Waals surface area (Å²) in [6, 6.07) is 1.61. The van der Waals surface area contributed by atoms with E-state index in [2.05, 4.69) is 10.2 Å². The highest BCUT2D eigenvalue weighted by atomic mass is 19.1. The molecule has 2 aliphatic rings. The van der Waals surface area contributed by atoms with Gasteiger partial charge in [0.1, 0.15) is 12.2 Å². The van der Waals surface area contributed by atoms with Gasteiger partial charge in [0.25, 0.3) is 0 Å². The Hall–Kier alpha value is -1.66. The summed E-state index contributed by atoms with van der Waals surface area (Å²) in [5.41, 5.74) is 0. The third-order valence-electron chi connectivity index (χ3n) is 4.15. The number of halogens is 1. The second-order valence-electron chi connectivity index (χ2n) is 5.62. The normalized spacial score (nSPS) is 32.9. The molecule has 6 heteroatoms. The molecule has 108 valence electrons. The van der Waals surface area contributed by atoms with E-state index < -0.39 is 12.2 Å². The summed E-state index contributed by atoms with van der Waals surface area (Å²) >= 11 is 0. The summed E-state index contributed by atoms with van der Waals surface area (Å²) in [5, 5.41) is 12.1. The third-order valence-corrected chi connectivity index (χ3v) is 4.15. The van der Waals surface area contributed by atoms with Crippen LogP contribution in [-0.2, 0) is 4.79 Å². The molecule has 0 spiro atoms. The van der Waals surface area contributed by atoms with E-state index in [0.717, 1.165) is 19.3 Å². The van der Waals surface area contributed by atoms with Gasteiger partial charge in [-0.3, -0.25) is 4.79 Å². The van der Waals surface area contributed by atoms with Gasteiger partial charge in [0, 0.05) is 18.4 Å². The Labute approximate surface area is 118 Å². The van der Waals surface area contributed by atoms with Gasteiger partial charge in [-0.1, -0.05) is 0 Å². The molecule has 1 saturated heterocycles. The number of likely N-dealkylation sites (tertiary alicyclic amines) is 1. The summed E-state index contributed by atoms with van der Waals surface area (Å²) < 4.78 is 13.3. The molecule has 1 aliphatic heterocycles. The SMILES string of the molecule is [C-]#[N+]C[C@H]1CC[C@@H](NCC(=O)N2C[C@@H](F)C[C@H]2C#N)C1.